The Morgan fingerprint density at radius 3 is 2.69 bits per heavy atom. The number of nitrogens with zero attached hydrogens (tertiary/aromatic N) is 4. The summed E-state index contributed by atoms with van der Waals surface area (Å²) in [5.41, 5.74) is 6.53. The molecule has 0 aliphatic rings. The molecule has 1 aromatic carbocycles. The van der Waals surface area contributed by atoms with Crippen LogP contribution in [-0.4, -0.2) is 25.0 Å². The molecule has 0 unspecified atom stereocenters. The Kier molecular flexibility index (Phi) is 5.74. The number of benzene rings is 1. The summed E-state index contributed by atoms with van der Waals surface area (Å²) in [6, 6.07) is 11.7. The van der Waals surface area contributed by atoms with Gasteiger partial charge in [0.2, 0.25) is 0 Å². The molecule has 4 aromatic rings. The number of hydrogen-bond acceptors (Lipinski definition) is 6. The number of halogens is 1. The van der Waals surface area contributed by atoms with Crippen molar-refractivity contribution >= 4 is 34.2 Å². The summed E-state index contributed by atoms with van der Waals surface area (Å²) in [7, 11) is 1.55. The van der Waals surface area contributed by atoms with Crippen LogP contribution in [-0.2, 0) is 20.1 Å². The molecule has 3 N–H and O–H groups in total. The third kappa shape index (κ3) is 4.23. The zero-order valence-corrected chi connectivity index (χ0v) is 17.8. The first-order chi connectivity index (χ1) is 15.3. The van der Waals surface area contributed by atoms with Gasteiger partial charge in [0, 0.05) is 24.8 Å². The van der Waals surface area contributed by atoms with Crippen LogP contribution in [0.15, 0.2) is 64.4 Å². The summed E-state index contributed by atoms with van der Waals surface area (Å²) in [5.74, 6) is -0.112. The maximum atomic E-state index is 13.1. The molecule has 0 fully saturated rings. The molecule has 10 heteroatoms. The molecule has 162 valence electrons. The van der Waals surface area contributed by atoms with Crippen LogP contribution in [0.5, 0.6) is 0 Å². The van der Waals surface area contributed by atoms with Gasteiger partial charge in [0.05, 0.1) is 23.6 Å². The molecule has 0 bridgehead atoms. The highest BCUT2D eigenvalue weighted by Crippen LogP contribution is 2.12. The number of anilines is 1. The lowest BCUT2D eigenvalue weighted by Gasteiger charge is -2.12. The van der Waals surface area contributed by atoms with Gasteiger partial charge in [0.25, 0.3) is 11.5 Å². The third-order valence-electron chi connectivity index (χ3n) is 5.00. The van der Waals surface area contributed by atoms with Crippen LogP contribution in [0, 0.1) is 0 Å². The first-order valence-corrected chi connectivity index (χ1v) is 10.0. The summed E-state index contributed by atoms with van der Waals surface area (Å²) in [6.07, 6.45) is 2.90. The van der Waals surface area contributed by atoms with E-state index in [1.54, 1.807) is 49.6 Å². The first kappa shape index (κ1) is 21.3. The van der Waals surface area contributed by atoms with Gasteiger partial charge in [0.1, 0.15) is 11.5 Å². The van der Waals surface area contributed by atoms with Crippen molar-refractivity contribution in [2.45, 2.75) is 13.1 Å². The minimum atomic E-state index is -0.513. The molecular formula is C22H19ClN6O3. The van der Waals surface area contributed by atoms with Crippen molar-refractivity contribution < 1.29 is 4.79 Å². The fourth-order valence-corrected chi connectivity index (χ4v) is 3.57. The summed E-state index contributed by atoms with van der Waals surface area (Å²) < 4.78 is 2.44. The number of aromatic nitrogens is 4. The number of fused-ring (bicyclic) bond motifs is 1. The fourth-order valence-electron chi connectivity index (χ4n) is 3.36. The maximum absolute atomic E-state index is 13.1. The van der Waals surface area contributed by atoms with Crippen molar-refractivity contribution in [2.75, 3.05) is 5.73 Å². The zero-order chi connectivity index (χ0) is 22.8. The van der Waals surface area contributed by atoms with Gasteiger partial charge >= 0.3 is 5.69 Å². The van der Waals surface area contributed by atoms with E-state index in [1.165, 1.54) is 16.8 Å². The van der Waals surface area contributed by atoms with E-state index >= 15 is 0 Å². The van der Waals surface area contributed by atoms with E-state index in [2.05, 4.69) is 15.3 Å². The van der Waals surface area contributed by atoms with Gasteiger partial charge < -0.3 is 11.1 Å². The van der Waals surface area contributed by atoms with Crippen molar-refractivity contribution in [3.8, 4) is 0 Å². The highest BCUT2D eigenvalue weighted by molar-refractivity contribution is 6.30. The predicted octanol–water partition coefficient (Wildman–Crippen LogP) is 1.70. The normalized spacial score (nSPS) is 10.9. The molecule has 1 amide bonds. The Bertz CT molecular complexity index is 1460. The monoisotopic (exact) mass is 450 g/mol. The molecule has 0 spiro atoms. The van der Waals surface area contributed by atoms with Gasteiger partial charge in [-0.1, -0.05) is 23.7 Å². The lowest BCUT2D eigenvalue weighted by molar-refractivity contribution is 0.0946. The summed E-state index contributed by atoms with van der Waals surface area (Å²) in [6.45, 7) is 0.271. The number of nitrogen functional groups attached to an aromatic ring is 1. The van der Waals surface area contributed by atoms with Gasteiger partial charge in [-0.15, -0.1) is 0 Å². The summed E-state index contributed by atoms with van der Waals surface area (Å²) >= 11 is 6.02. The van der Waals surface area contributed by atoms with E-state index in [0.29, 0.717) is 21.9 Å². The number of hydrogen-bond donors (Lipinski definition) is 2. The van der Waals surface area contributed by atoms with Crippen LogP contribution < -0.4 is 22.3 Å². The minimum Gasteiger partial charge on any atom is -0.384 e. The zero-order valence-electron chi connectivity index (χ0n) is 17.1. The molecule has 0 aliphatic heterocycles. The molecule has 3 heterocycles. The van der Waals surface area contributed by atoms with E-state index in [4.69, 9.17) is 17.3 Å². The number of rotatable bonds is 5. The Morgan fingerprint density at radius 2 is 1.94 bits per heavy atom. The van der Waals surface area contributed by atoms with Crippen LogP contribution in [0.25, 0.3) is 10.9 Å². The lowest BCUT2D eigenvalue weighted by Crippen LogP contribution is -2.39. The molecule has 4 rings (SSSR count). The van der Waals surface area contributed by atoms with Crippen molar-refractivity contribution in [1.82, 2.24) is 24.4 Å². The van der Waals surface area contributed by atoms with Crippen molar-refractivity contribution in [1.29, 1.82) is 0 Å². The number of nitrogens with two attached hydrogens (primary N) is 1. The Morgan fingerprint density at radius 1 is 1.12 bits per heavy atom. The van der Waals surface area contributed by atoms with E-state index in [9.17, 15) is 14.4 Å². The van der Waals surface area contributed by atoms with E-state index < -0.39 is 17.2 Å². The standard InChI is InChI=1S/C22H19ClN6O3/c1-28-18-11-26-17(20(30)27-10-13-5-6-25-19(24)8-13)9-16(18)21(31)29(22(28)32)12-14-3-2-4-15(23)7-14/h2-9,11H,10,12H2,1H3,(H2,24,25)(H,27,30). The SMILES string of the molecule is Cn1c(=O)n(Cc2cccc(Cl)c2)c(=O)c2cc(C(=O)NCc3ccnc(N)c3)ncc21. The predicted molar refractivity (Wildman–Crippen MR) is 122 cm³/mol. The topological polar surface area (TPSA) is 125 Å². The molecule has 0 saturated carbocycles. The van der Waals surface area contributed by atoms with E-state index in [0.717, 1.165) is 10.1 Å². The average molecular weight is 451 g/mol. The van der Waals surface area contributed by atoms with Crippen molar-refractivity contribution in [2.24, 2.45) is 7.05 Å². The highest BCUT2D eigenvalue weighted by Gasteiger charge is 2.15. The van der Waals surface area contributed by atoms with Gasteiger partial charge in [-0.05, 0) is 41.5 Å². The Hall–Kier alpha value is -3.98. The van der Waals surface area contributed by atoms with E-state index in [-0.39, 0.29) is 24.2 Å². The minimum absolute atomic E-state index is 0.0509. The maximum Gasteiger partial charge on any atom is 0.331 e. The lowest BCUT2D eigenvalue weighted by atomic mass is 10.2. The molecule has 0 radical (unpaired) electrons. The molecule has 0 aliphatic carbocycles. The fraction of sp³-hybridized carbons (Fsp3) is 0.136. The van der Waals surface area contributed by atoms with Crippen molar-refractivity contribution in [3.63, 3.8) is 0 Å². The van der Waals surface area contributed by atoms with Gasteiger partial charge in [-0.25, -0.2) is 14.8 Å². The molecule has 0 saturated heterocycles. The van der Waals surface area contributed by atoms with Gasteiger partial charge in [-0.2, -0.15) is 0 Å². The number of amides is 1. The van der Waals surface area contributed by atoms with Crippen LogP contribution >= 0.6 is 11.6 Å². The van der Waals surface area contributed by atoms with Gasteiger partial charge in [-0.3, -0.25) is 18.7 Å². The highest BCUT2D eigenvalue weighted by atomic mass is 35.5. The first-order valence-electron chi connectivity index (χ1n) is 9.66. The van der Waals surface area contributed by atoms with Crippen molar-refractivity contribution in [3.05, 3.63) is 97.5 Å². The Labute approximate surface area is 187 Å². The Balaban J connectivity index is 1.68. The summed E-state index contributed by atoms with van der Waals surface area (Å²) in [5, 5.41) is 3.45. The smallest absolute Gasteiger partial charge is 0.331 e. The van der Waals surface area contributed by atoms with Crippen LogP contribution in [0.4, 0.5) is 5.82 Å². The number of carbonyl (C=O) groups is 1. The second kappa shape index (κ2) is 8.64. The second-order valence-corrected chi connectivity index (χ2v) is 7.66. The third-order valence-corrected chi connectivity index (χ3v) is 5.23. The molecule has 3 aromatic heterocycles. The number of aryl methyl sites for hydroxylation is 1. The number of nitrogens with one attached hydrogen (secondary N) is 1. The van der Waals surface area contributed by atoms with Crippen LogP contribution in [0.2, 0.25) is 5.02 Å². The largest absolute Gasteiger partial charge is 0.384 e. The molecular weight excluding hydrogens is 432 g/mol. The number of carbonyl (C=O) groups excluding carboxylic acids is 1. The second-order valence-electron chi connectivity index (χ2n) is 7.22. The van der Waals surface area contributed by atoms with Gasteiger partial charge in [0.15, 0.2) is 0 Å². The van der Waals surface area contributed by atoms with E-state index in [1.807, 2.05) is 0 Å². The van der Waals surface area contributed by atoms with Crippen LogP contribution in [0.1, 0.15) is 21.6 Å². The van der Waals surface area contributed by atoms with Crippen LogP contribution in [0.3, 0.4) is 0 Å². The molecule has 9 nitrogen and oxygen atoms in total. The quantitative estimate of drug-likeness (QED) is 0.476. The molecule has 0 atom stereocenters. The average Bonchev–Trinajstić information content (AvgIpc) is 2.78. The summed E-state index contributed by atoms with van der Waals surface area (Å²) in [4.78, 5) is 46.5. The number of pyridine rings is 2. The molecule has 32 heavy (non-hydrogen) atoms.